The predicted octanol–water partition coefficient (Wildman–Crippen LogP) is 10.5. The number of ether oxygens (including phenoxy) is 2. The molecule has 0 aliphatic carbocycles. The van der Waals surface area contributed by atoms with Gasteiger partial charge in [-0.1, -0.05) is 89.9 Å². The van der Waals surface area contributed by atoms with Gasteiger partial charge in [0.15, 0.2) is 0 Å². The second kappa shape index (κ2) is 14.6. The first-order chi connectivity index (χ1) is 18.2. The maximum atomic E-state index is 6.28. The van der Waals surface area contributed by atoms with Gasteiger partial charge in [-0.3, -0.25) is 0 Å². The van der Waals surface area contributed by atoms with Crippen LogP contribution in [-0.2, 0) is 10.8 Å². The SMILES string of the molecule is C=CCC(=S)CCOc1cc(C)c(Sc2cc(C(C)(C)C)c(OCCC(=S)CC=C)cc2C)cc1C(C)(C)C. The third kappa shape index (κ3) is 10.2. The molecule has 5 heteroatoms. The summed E-state index contributed by atoms with van der Waals surface area (Å²) in [5.74, 6) is 1.88. The van der Waals surface area contributed by atoms with E-state index in [1.165, 1.54) is 32.0 Å². The van der Waals surface area contributed by atoms with E-state index in [9.17, 15) is 0 Å². The summed E-state index contributed by atoms with van der Waals surface area (Å²) in [5, 5.41) is 0. The first-order valence-corrected chi connectivity index (χ1v) is 15.3. The Labute approximate surface area is 252 Å². The molecule has 0 aliphatic heterocycles. The van der Waals surface area contributed by atoms with E-state index in [0.717, 1.165) is 46.9 Å². The van der Waals surface area contributed by atoms with E-state index >= 15 is 0 Å². The van der Waals surface area contributed by atoms with Crippen molar-refractivity contribution in [2.75, 3.05) is 13.2 Å². The van der Waals surface area contributed by atoms with Gasteiger partial charge < -0.3 is 9.47 Å². The molecule has 0 spiro atoms. The normalized spacial score (nSPS) is 11.7. The highest BCUT2D eigenvalue weighted by Gasteiger charge is 2.24. The molecule has 0 heterocycles. The minimum atomic E-state index is -0.0601. The molecule has 2 nitrogen and oxygen atoms in total. The molecule has 0 atom stereocenters. The van der Waals surface area contributed by atoms with Crippen LogP contribution in [0.5, 0.6) is 11.5 Å². The van der Waals surface area contributed by atoms with E-state index in [2.05, 4.69) is 92.8 Å². The third-order valence-electron chi connectivity index (χ3n) is 6.41. The molecular formula is C34H46O2S3. The van der Waals surface area contributed by atoms with E-state index in [1.54, 1.807) is 0 Å². The fourth-order valence-electron chi connectivity index (χ4n) is 4.15. The Morgan fingerprint density at radius 3 is 1.38 bits per heavy atom. The Hall–Kier alpha value is -1.95. The molecular weight excluding hydrogens is 537 g/mol. The van der Waals surface area contributed by atoms with Crippen molar-refractivity contribution in [1.29, 1.82) is 0 Å². The minimum Gasteiger partial charge on any atom is -0.493 e. The van der Waals surface area contributed by atoms with Crippen LogP contribution in [0, 0.1) is 13.8 Å². The highest BCUT2D eigenvalue weighted by Crippen LogP contribution is 2.43. The second-order valence-electron chi connectivity index (χ2n) is 12.1. The van der Waals surface area contributed by atoms with Crippen molar-refractivity contribution in [1.82, 2.24) is 0 Å². The van der Waals surface area contributed by atoms with E-state index in [4.69, 9.17) is 33.9 Å². The van der Waals surface area contributed by atoms with Gasteiger partial charge in [0.2, 0.25) is 0 Å². The molecule has 0 radical (unpaired) electrons. The summed E-state index contributed by atoms with van der Waals surface area (Å²) in [6.45, 7) is 26.4. The highest BCUT2D eigenvalue weighted by atomic mass is 32.2. The van der Waals surface area contributed by atoms with Crippen molar-refractivity contribution >= 4 is 45.9 Å². The molecule has 2 aromatic carbocycles. The van der Waals surface area contributed by atoms with Crippen molar-refractivity contribution in [2.45, 2.75) is 102 Å². The maximum absolute atomic E-state index is 6.28. The van der Waals surface area contributed by atoms with E-state index < -0.39 is 0 Å². The molecule has 0 fully saturated rings. The molecule has 2 rings (SSSR count). The lowest BCUT2D eigenvalue weighted by molar-refractivity contribution is 0.319. The maximum Gasteiger partial charge on any atom is 0.123 e. The van der Waals surface area contributed by atoms with Crippen LogP contribution in [0.3, 0.4) is 0 Å². The highest BCUT2D eigenvalue weighted by molar-refractivity contribution is 7.99. The average Bonchev–Trinajstić information content (AvgIpc) is 2.80. The lowest BCUT2D eigenvalue weighted by Crippen LogP contribution is -2.15. The standard InChI is InChI=1S/C34H46O2S3/c1-11-13-25(37)15-17-35-29-19-23(3)31(21-27(29)33(5,6)7)39-32-22-28(34(8,9)10)30(20-24(32)4)36-18-16-26(38)14-12-2/h11-12,19-22H,1-2,13-18H2,3-10H3. The molecule has 0 saturated carbocycles. The predicted molar refractivity (Wildman–Crippen MR) is 179 cm³/mol. The van der Waals surface area contributed by atoms with Gasteiger partial charge >= 0.3 is 0 Å². The Morgan fingerprint density at radius 2 is 1.08 bits per heavy atom. The van der Waals surface area contributed by atoms with E-state index in [1.807, 2.05) is 23.9 Å². The van der Waals surface area contributed by atoms with Crippen LogP contribution in [0.25, 0.3) is 0 Å². The first kappa shape index (κ1) is 33.3. The molecule has 0 saturated heterocycles. The quantitative estimate of drug-likeness (QED) is 0.162. The molecule has 0 N–H and O–H groups in total. The van der Waals surface area contributed by atoms with Gasteiger partial charge in [0.25, 0.3) is 0 Å². The van der Waals surface area contributed by atoms with Gasteiger partial charge in [-0.15, -0.1) is 13.2 Å². The summed E-state index contributed by atoms with van der Waals surface area (Å²) in [7, 11) is 0. The number of allylic oxidation sites excluding steroid dienone is 2. The Kier molecular flexibility index (Phi) is 12.5. The monoisotopic (exact) mass is 582 g/mol. The molecule has 0 amide bonds. The van der Waals surface area contributed by atoms with Crippen LogP contribution in [0.2, 0.25) is 0 Å². The number of thiocarbonyl (C=S) groups is 2. The lowest BCUT2D eigenvalue weighted by Gasteiger charge is -2.26. The van der Waals surface area contributed by atoms with Crippen molar-refractivity contribution < 1.29 is 9.47 Å². The van der Waals surface area contributed by atoms with Gasteiger partial charge in [-0.25, -0.2) is 0 Å². The van der Waals surface area contributed by atoms with Crippen LogP contribution in [0.1, 0.15) is 89.5 Å². The molecule has 0 aliphatic rings. The molecule has 2 aromatic rings. The third-order valence-corrected chi connectivity index (χ3v) is 8.47. The summed E-state index contributed by atoms with van der Waals surface area (Å²) in [6.07, 6.45) is 6.71. The van der Waals surface area contributed by atoms with Crippen LogP contribution in [0.4, 0.5) is 0 Å². The van der Waals surface area contributed by atoms with Crippen molar-refractivity contribution in [3.05, 3.63) is 71.8 Å². The number of hydrogen-bond donors (Lipinski definition) is 0. The number of aryl methyl sites for hydroxylation is 2. The van der Waals surface area contributed by atoms with Gasteiger partial charge in [0.1, 0.15) is 11.5 Å². The van der Waals surface area contributed by atoms with Gasteiger partial charge in [-0.05, 0) is 82.6 Å². The fraction of sp³-hybridized carbons (Fsp3) is 0.471. The van der Waals surface area contributed by atoms with Gasteiger partial charge in [-0.2, -0.15) is 0 Å². The zero-order valence-corrected chi connectivity index (χ0v) is 27.6. The summed E-state index contributed by atoms with van der Waals surface area (Å²) in [5.41, 5.74) is 4.68. The summed E-state index contributed by atoms with van der Waals surface area (Å²) < 4.78 is 12.6. The Morgan fingerprint density at radius 1 is 0.718 bits per heavy atom. The van der Waals surface area contributed by atoms with E-state index in [-0.39, 0.29) is 10.8 Å². The molecule has 39 heavy (non-hydrogen) atoms. The minimum absolute atomic E-state index is 0.0601. The lowest BCUT2D eigenvalue weighted by atomic mass is 9.85. The van der Waals surface area contributed by atoms with Crippen molar-refractivity contribution in [3.63, 3.8) is 0 Å². The summed E-state index contributed by atoms with van der Waals surface area (Å²) in [6, 6.07) is 8.98. The number of hydrogen-bond acceptors (Lipinski definition) is 5. The Balaban J connectivity index is 2.37. The van der Waals surface area contributed by atoms with Gasteiger partial charge in [0.05, 0.1) is 13.2 Å². The Bertz CT molecular complexity index is 1100. The molecule has 212 valence electrons. The zero-order valence-electron chi connectivity index (χ0n) is 25.2. The van der Waals surface area contributed by atoms with Crippen molar-refractivity contribution in [3.8, 4) is 11.5 Å². The fourth-order valence-corrected chi connectivity index (χ4v) is 5.58. The molecule has 0 aromatic heterocycles. The molecule has 0 bridgehead atoms. The summed E-state index contributed by atoms with van der Waals surface area (Å²) >= 11 is 12.7. The smallest absolute Gasteiger partial charge is 0.123 e. The largest absolute Gasteiger partial charge is 0.493 e. The number of benzene rings is 2. The van der Waals surface area contributed by atoms with Gasteiger partial charge in [0, 0.05) is 33.8 Å². The average molecular weight is 583 g/mol. The van der Waals surface area contributed by atoms with Crippen LogP contribution in [0.15, 0.2) is 59.4 Å². The van der Waals surface area contributed by atoms with Crippen molar-refractivity contribution in [2.24, 2.45) is 0 Å². The van der Waals surface area contributed by atoms with Crippen LogP contribution >= 0.6 is 36.2 Å². The summed E-state index contributed by atoms with van der Waals surface area (Å²) in [4.78, 5) is 4.42. The second-order valence-corrected chi connectivity index (χ2v) is 14.3. The topological polar surface area (TPSA) is 18.5 Å². The number of rotatable bonds is 14. The zero-order chi connectivity index (χ0) is 29.4. The molecule has 0 unspecified atom stereocenters. The first-order valence-electron chi connectivity index (χ1n) is 13.7. The van der Waals surface area contributed by atoms with E-state index in [0.29, 0.717) is 13.2 Å². The van der Waals surface area contributed by atoms with Crippen LogP contribution < -0.4 is 9.47 Å². The van der Waals surface area contributed by atoms with Crippen LogP contribution in [-0.4, -0.2) is 22.9 Å².